The lowest BCUT2D eigenvalue weighted by molar-refractivity contribution is -0.155. The normalized spacial score (nSPS) is 18.3. The third-order valence-electron chi connectivity index (χ3n) is 5.80. The number of hydrogen-bond donors (Lipinski definition) is 0. The Hall–Kier alpha value is -2.18. The molecule has 5 nitrogen and oxygen atoms in total. The number of aryl methyl sites for hydroxylation is 2. The zero-order valence-electron chi connectivity index (χ0n) is 18.8. The van der Waals surface area contributed by atoms with Gasteiger partial charge in [-0.15, -0.1) is 21.5 Å². The Kier molecular flexibility index (Phi) is 5.73. The fraction of sp³-hybridized carbons (Fsp3) is 0.458. The van der Waals surface area contributed by atoms with Crippen LogP contribution in [0.3, 0.4) is 0 Å². The van der Waals surface area contributed by atoms with Crippen molar-refractivity contribution >= 4 is 28.9 Å². The van der Waals surface area contributed by atoms with E-state index >= 15 is 0 Å². The summed E-state index contributed by atoms with van der Waals surface area (Å²) in [6.45, 7) is 12.0. The third-order valence-corrected chi connectivity index (χ3v) is 7.26. The van der Waals surface area contributed by atoms with Crippen molar-refractivity contribution in [1.82, 2.24) is 14.8 Å². The molecule has 0 fully saturated rings. The van der Waals surface area contributed by atoms with Gasteiger partial charge in [0.15, 0.2) is 0 Å². The molecule has 0 bridgehead atoms. The number of carbonyl (C=O) groups excluding carboxylic acids is 1. The molecule has 3 aromatic rings. The molecule has 1 unspecified atom stereocenters. The summed E-state index contributed by atoms with van der Waals surface area (Å²) in [5.41, 5.74) is 3.25. The first-order valence-corrected chi connectivity index (χ1v) is 11.7. The van der Waals surface area contributed by atoms with Gasteiger partial charge in [-0.1, -0.05) is 23.7 Å². The van der Waals surface area contributed by atoms with Crippen molar-refractivity contribution in [3.63, 3.8) is 0 Å². The Morgan fingerprint density at radius 3 is 2.52 bits per heavy atom. The van der Waals surface area contributed by atoms with E-state index in [2.05, 4.69) is 40.7 Å². The molecule has 1 aromatic carbocycles. The summed E-state index contributed by atoms with van der Waals surface area (Å²) in [7, 11) is 0. The van der Waals surface area contributed by atoms with Crippen molar-refractivity contribution in [1.29, 1.82) is 0 Å². The first-order valence-electron chi connectivity index (χ1n) is 10.5. The maximum Gasteiger partial charge on any atom is 0.307 e. The molecule has 2 atom stereocenters. The molecule has 1 aliphatic rings. The number of hydrogen-bond acceptors (Lipinski definition) is 5. The second-order valence-corrected chi connectivity index (χ2v) is 10.9. The molecule has 0 saturated carbocycles. The van der Waals surface area contributed by atoms with Gasteiger partial charge in [0.25, 0.3) is 0 Å². The second-order valence-electron chi connectivity index (χ2n) is 9.27. The van der Waals surface area contributed by atoms with E-state index in [0.29, 0.717) is 5.02 Å². The minimum absolute atomic E-state index is 0.101. The molecule has 0 spiro atoms. The van der Waals surface area contributed by atoms with Crippen molar-refractivity contribution in [2.75, 3.05) is 0 Å². The Morgan fingerprint density at radius 2 is 1.87 bits per heavy atom. The highest BCUT2D eigenvalue weighted by atomic mass is 35.5. The van der Waals surface area contributed by atoms with E-state index in [1.165, 1.54) is 21.6 Å². The van der Waals surface area contributed by atoms with Gasteiger partial charge in [-0.25, -0.2) is 0 Å². The summed E-state index contributed by atoms with van der Waals surface area (Å²) in [6, 6.07) is 8.05. The van der Waals surface area contributed by atoms with Gasteiger partial charge in [0.2, 0.25) is 0 Å². The summed E-state index contributed by atoms with van der Waals surface area (Å²) in [6.07, 6.45) is 1.02. The number of thiophene rings is 1. The standard InChI is InChI=1S/C24H28ClN3O2S/c1-13-14(2)31-23-21(13)19(16-7-9-18(25)10-8-16)11-17(12-20(29)30-24(4,5)6)22-27-26-15(3)28(22)23/h7-10,17,19H,11-12H2,1-6H3/t17-,19?/m0/s1. The van der Waals surface area contributed by atoms with E-state index in [1.807, 2.05) is 39.8 Å². The first-order chi connectivity index (χ1) is 14.5. The molecule has 2 aromatic heterocycles. The van der Waals surface area contributed by atoms with Crippen LogP contribution < -0.4 is 0 Å². The number of rotatable bonds is 3. The molecule has 0 amide bonds. The SMILES string of the molecule is Cc1sc2c(c1C)C(c1ccc(Cl)cc1)C[C@@H](CC(=O)OC(C)(C)C)c1nnc(C)n1-2. The molecule has 4 rings (SSSR count). The average Bonchev–Trinajstić information content (AvgIpc) is 3.14. The minimum Gasteiger partial charge on any atom is -0.460 e. The lowest BCUT2D eigenvalue weighted by atomic mass is 9.82. The smallest absolute Gasteiger partial charge is 0.307 e. The van der Waals surface area contributed by atoms with Crippen LogP contribution in [0.4, 0.5) is 0 Å². The molecule has 7 heteroatoms. The van der Waals surface area contributed by atoms with E-state index in [4.69, 9.17) is 16.3 Å². The van der Waals surface area contributed by atoms with Gasteiger partial charge in [-0.3, -0.25) is 9.36 Å². The number of halogens is 1. The second kappa shape index (κ2) is 8.06. The van der Waals surface area contributed by atoms with Crippen LogP contribution in [0.15, 0.2) is 24.3 Å². The van der Waals surface area contributed by atoms with E-state index in [0.717, 1.165) is 23.1 Å². The number of ether oxygens (including phenoxy) is 1. The van der Waals surface area contributed by atoms with Crippen molar-refractivity contribution in [3.05, 3.63) is 62.5 Å². The van der Waals surface area contributed by atoms with Crippen molar-refractivity contribution in [2.45, 2.75) is 71.8 Å². The van der Waals surface area contributed by atoms with E-state index in [-0.39, 0.29) is 24.2 Å². The fourth-order valence-corrected chi connectivity index (χ4v) is 5.76. The van der Waals surface area contributed by atoms with Crippen LogP contribution in [-0.2, 0) is 9.53 Å². The molecule has 3 heterocycles. The Bertz CT molecular complexity index is 1130. The fourth-order valence-electron chi connectivity index (χ4n) is 4.36. The average molecular weight is 458 g/mol. The van der Waals surface area contributed by atoms with Crippen molar-refractivity contribution < 1.29 is 9.53 Å². The molecule has 31 heavy (non-hydrogen) atoms. The van der Waals surface area contributed by atoms with Gasteiger partial charge in [-0.2, -0.15) is 0 Å². The van der Waals surface area contributed by atoms with Crippen molar-refractivity contribution in [2.24, 2.45) is 0 Å². The molecule has 1 aliphatic heterocycles. The number of fused-ring (bicyclic) bond motifs is 3. The van der Waals surface area contributed by atoms with Gasteiger partial charge >= 0.3 is 5.97 Å². The number of benzene rings is 1. The maximum absolute atomic E-state index is 12.8. The minimum atomic E-state index is -0.521. The van der Waals surface area contributed by atoms with E-state index in [1.54, 1.807) is 11.3 Å². The van der Waals surface area contributed by atoms with Crippen LogP contribution >= 0.6 is 22.9 Å². The number of aromatic nitrogens is 3. The van der Waals surface area contributed by atoms with Gasteiger partial charge in [0.05, 0.1) is 6.42 Å². The molecule has 164 valence electrons. The predicted octanol–water partition coefficient (Wildman–Crippen LogP) is 6.26. The van der Waals surface area contributed by atoms with Crippen LogP contribution in [0.5, 0.6) is 0 Å². The first kappa shape index (κ1) is 22.0. The lowest BCUT2D eigenvalue weighted by Gasteiger charge is -2.23. The molecular formula is C24H28ClN3O2S. The number of esters is 1. The lowest BCUT2D eigenvalue weighted by Crippen LogP contribution is -2.25. The van der Waals surface area contributed by atoms with Gasteiger partial charge in [0, 0.05) is 21.7 Å². The quantitative estimate of drug-likeness (QED) is 0.435. The zero-order chi connectivity index (χ0) is 22.5. The van der Waals surface area contributed by atoms with Crippen molar-refractivity contribution in [3.8, 4) is 5.00 Å². The summed E-state index contributed by atoms with van der Waals surface area (Å²) >= 11 is 7.94. The van der Waals surface area contributed by atoms with E-state index in [9.17, 15) is 4.79 Å². The third kappa shape index (κ3) is 4.28. The Balaban J connectivity index is 1.84. The molecule has 0 radical (unpaired) electrons. The van der Waals surface area contributed by atoms with Gasteiger partial charge < -0.3 is 4.74 Å². The summed E-state index contributed by atoms with van der Waals surface area (Å²) in [5, 5.41) is 10.8. The van der Waals surface area contributed by atoms with Crippen LogP contribution in [0.25, 0.3) is 5.00 Å². The highest BCUT2D eigenvalue weighted by Gasteiger charge is 2.36. The van der Waals surface area contributed by atoms with Crippen LogP contribution in [0, 0.1) is 20.8 Å². The summed E-state index contributed by atoms with van der Waals surface area (Å²) in [5.74, 6) is 1.49. The van der Waals surface area contributed by atoms with Crippen LogP contribution in [-0.4, -0.2) is 26.3 Å². The molecule has 0 aliphatic carbocycles. The topological polar surface area (TPSA) is 57.0 Å². The Labute approximate surface area is 192 Å². The highest BCUT2D eigenvalue weighted by molar-refractivity contribution is 7.14. The Morgan fingerprint density at radius 1 is 1.19 bits per heavy atom. The van der Waals surface area contributed by atoms with Crippen LogP contribution in [0.1, 0.15) is 78.7 Å². The van der Waals surface area contributed by atoms with Crippen LogP contribution in [0.2, 0.25) is 5.02 Å². The maximum atomic E-state index is 12.8. The van der Waals surface area contributed by atoms with E-state index < -0.39 is 5.60 Å². The number of nitrogens with zero attached hydrogens (tertiary/aromatic N) is 3. The largest absolute Gasteiger partial charge is 0.460 e. The molecule has 0 N–H and O–H groups in total. The monoisotopic (exact) mass is 457 g/mol. The predicted molar refractivity (Wildman–Crippen MR) is 125 cm³/mol. The zero-order valence-corrected chi connectivity index (χ0v) is 20.4. The molecule has 0 saturated heterocycles. The summed E-state index contributed by atoms with van der Waals surface area (Å²) < 4.78 is 7.79. The number of carbonyl (C=O) groups is 1. The van der Waals surface area contributed by atoms with Gasteiger partial charge in [-0.05, 0) is 76.8 Å². The molecular weight excluding hydrogens is 430 g/mol. The van der Waals surface area contributed by atoms with Gasteiger partial charge in [0.1, 0.15) is 22.3 Å². The summed E-state index contributed by atoms with van der Waals surface area (Å²) in [4.78, 5) is 14.1. The highest BCUT2D eigenvalue weighted by Crippen LogP contribution is 2.48.